The largest absolute Gasteiger partial charge is 0.463 e. The zero-order chi connectivity index (χ0) is 19.9. The van der Waals surface area contributed by atoms with Gasteiger partial charge in [-0.3, -0.25) is 9.36 Å². The van der Waals surface area contributed by atoms with Crippen molar-refractivity contribution in [1.82, 2.24) is 19.5 Å². The van der Waals surface area contributed by atoms with E-state index < -0.39 is 18.4 Å². The molecule has 9 nitrogen and oxygen atoms in total. The lowest BCUT2D eigenvalue weighted by Gasteiger charge is -2.16. The van der Waals surface area contributed by atoms with Gasteiger partial charge in [-0.05, 0) is 6.42 Å². The standard InChI is InChI=1S/C19H29N5O4/c1-2-3-4-5-6-7-8-16(26)27-10-14-13(25)9-15(28-14)24-12-23-17-18(20)21-11-22-19(17)24/h11-15,25H,2-10H2,1H3,(H2,20,21,22). The lowest BCUT2D eigenvalue weighted by atomic mass is 10.1. The predicted octanol–water partition coefficient (Wildman–Crippen LogP) is 2.35. The van der Waals surface area contributed by atoms with E-state index in [9.17, 15) is 9.90 Å². The van der Waals surface area contributed by atoms with Crippen LogP contribution in [0, 0.1) is 0 Å². The van der Waals surface area contributed by atoms with Crippen molar-refractivity contribution in [3.05, 3.63) is 12.7 Å². The van der Waals surface area contributed by atoms with Crippen LogP contribution in [0.5, 0.6) is 0 Å². The molecule has 3 N–H and O–H groups in total. The molecule has 3 atom stereocenters. The van der Waals surface area contributed by atoms with Gasteiger partial charge in [0.2, 0.25) is 0 Å². The number of nitrogens with two attached hydrogens (primary N) is 1. The zero-order valence-corrected chi connectivity index (χ0v) is 16.3. The van der Waals surface area contributed by atoms with Gasteiger partial charge in [0.1, 0.15) is 30.8 Å². The molecule has 0 saturated carbocycles. The van der Waals surface area contributed by atoms with E-state index in [-0.39, 0.29) is 12.6 Å². The van der Waals surface area contributed by atoms with Crippen LogP contribution >= 0.6 is 0 Å². The van der Waals surface area contributed by atoms with Crippen LogP contribution in [0.2, 0.25) is 0 Å². The fourth-order valence-corrected chi connectivity index (χ4v) is 3.41. The Bertz CT molecular complexity index is 781. The first-order chi connectivity index (χ1) is 13.6. The Labute approximate surface area is 164 Å². The molecule has 9 heteroatoms. The van der Waals surface area contributed by atoms with Crippen LogP contribution in [-0.4, -0.2) is 49.4 Å². The summed E-state index contributed by atoms with van der Waals surface area (Å²) in [4.78, 5) is 24.2. The molecule has 0 spiro atoms. The molecule has 3 unspecified atom stereocenters. The number of esters is 1. The highest BCUT2D eigenvalue weighted by molar-refractivity contribution is 5.81. The molecule has 3 heterocycles. The highest BCUT2D eigenvalue weighted by Gasteiger charge is 2.36. The fourth-order valence-electron chi connectivity index (χ4n) is 3.41. The number of anilines is 1. The van der Waals surface area contributed by atoms with Crippen LogP contribution in [0.25, 0.3) is 11.2 Å². The second-order valence-corrected chi connectivity index (χ2v) is 7.22. The second kappa shape index (κ2) is 9.79. The third-order valence-corrected chi connectivity index (χ3v) is 5.04. The maximum absolute atomic E-state index is 11.9. The number of aliphatic hydroxyl groups is 1. The average molecular weight is 391 g/mol. The summed E-state index contributed by atoms with van der Waals surface area (Å²) in [5, 5.41) is 10.3. The van der Waals surface area contributed by atoms with Gasteiger partial charge in [-0.15, -0.1) is 0 Å². The third kappa shape index (κ3) is 4.96. The summed E-state index contributed by atoms with van der Waals surface area (Å²) in [6.07, 6.45) is 8.64. The van der Waals surface area contributed by atoms with Crippen LogP contribution in [0.3, 0.4) is 0 Å². The Balaban J connectivity index is 1.45. The highest BCUT2D eigenvalue weighted by Crippen LogP contribution is 2.31. The first-order valence-electron chi connectivity index (χ1n) is 10.0. The summed E-state index contributed by atoms with van der Waals surface area (Å²) in [5.41, 5.74) is 6.84. The minimum absolute atomic E-state index is 0.0378. The molecular formula is C19H29N5O4. The van der Waals surface area contributed by atoms with Gasteiger partial charge in [0.25, 0.3) is 0 Å². The molecule has 28 heavy (non-hydrogen) atoms. The topological polar surface area (TPSA) is 125 Å². The van der Waals surface area contributed by atoms with Gasteiger partial charge in [-0.25, -0.2) is 15.0 Å². The molecule has 0 aromatic carbocycles. The lowest BCUT2D eigenvalue weighted by Crippen LogP contribution is -2.27. The first kappa shape index (κ1) is 20.5. The Morgan fingerprint density at radius 3 is 2.89 bits per heavy atom. The van der Waals surface area contributed by atoms with E-state index in [0.717, 1.165) is 19.3 Å². The van der Waals surface area contributed by atoms with Crippen molar-refractivity contribution in [3.63, 3.8) is 0 Å². The highest BCUT2D eigenvalue weighted by atomic mass is 16.6. The molecule has 0 bridgehead atoms. The summed E-state index contributed by atoms with van der Waals surface area (Å²) < 4.78 is 12.9. The Hall–Kier alpha value is -2.26. The third-order valence-electron chi connectivity index (χ3n) is 5.04. The second-order valence-electron chi connectivity index (χ2n) is 7.22. The number of fused-ring (bicyclic) bond motifs is 1. The van der Waals surface area contributed by atoms with Crippen molar-refractivity contribution >= 4 is 23.0 Å². The number of unbranched alkanes of at least 4 members (excludes halogenated alkanes) is 5. The summed E-state index contributed by atoms with van der Waals surface area (Å²) in [6, 6.07) is 0. The van der Waals surface area contributed by atoms with Crippen molar-refractivity contribution in [1.29, 1.82) is 0 Å². The SMILES string of the molecule is CCCCCCCCC(=O)OCC1OC(n2cnc3c(N)ncnc32)CC1O. The van der Waals surface area contributed by atoms with E-state index in [4.69, 9.17) is 15.2 Å². The van der Waals surface area contributed by atoms with E-state index in [2.05, 4.69) is 21.9 Å². The number of ether oxygens (including phenoxy) is 2. The Morgan fingerprint density at radius 2 is 2.07 bits per heavy atom. The van der Waals surface area contributed by atoms with Crippen molar-refractivity contribution < 1.29 is 19.4 Å². The number of nitrogen functional groups attached to an aromatic ring is 1. The predicted molar refractivity (Wildman–Crippen MR) is 103 cm³/mol. The van der Waals surface area contributed by atoms with Gasteiger partial charge in [-0.2, -0.15) is 0 Å². The molecule has 154 valence electrons. The van der Waals surface area contributed by atoms with E-state index in [1.165, 1.54) is 25.6 Å². The monoisotopic (exact) mass is 391 g/mol. The van der Waals surface area contributed by atoms with Crippen molar-refractivity contribution in [2.24, 2.45) is 0 Å². The van der Waals surface area contributed by atoms with E-state index in [0.29, 0.717) is 29.8 Å². The summed E-state index contributed by atoms with van der Waals surface area (Å²) in [7, 11) is 0. The minimum atomic E-state index is -0.733. The number of imidazole rings is 1. The molecule has 0 aliphatic carbocycles. The molecule has 1 fully saturated rings. The lowest BCUT2D eigenvalue weighted by molar-refractivity contribution is -0.150. The van der Waals surface area contributed by atoms with Gasteiger partial charge < -0.3 is 20.3 Å². The number of hydrogen-bond acceptors (Lipinski definition) is 8. The molecular weight excluding hydrogens is 362 g/mol. The van der Waals surface area contributed by atoms with Crippen LogP contribution in [0.15, 0.2) is 12.7 Å². The van der Waals surface area contributed by atoms with Gasteiger partial charge >= 0.3 is 5.97 Å². The quantitative estimate of drug-likeness (QED) is 0.467. The van der Waals surface area contributed by atoms with E-state index in [1.54, 1.807) is 10.9 Å². The van der Waals surface area contributed by atoms with Gasteiger partial charge in [0.15, 0.2) is 11.5 Å². The van der Waals surface area contributed by atoms with Gasteiger partial charge in [0, 0.05) is 12.8 Å². The van der Waals surface area contributed by atoms with E-state index in [1.807, 2.05) is 0 Å². The normalized spacial score (nSPS) is 22.0. The number of rotatable bonds is 10. The number of nitrogens with zero attached hydrogens (tertiary/aromatic N) is 4. The molecule has 1 aliphatic heterocycles. The van der Waals surface area contributed by atoms with Crippen molar-refractivity contribution in [3.8, 4) is 0 Å². The molecule has 0 amide bonds. The molecule has 2 aromatic heterocycles. The summed E-state index contributed by atoms with van der Waals surface area (Å²) >= 11 is 0. The van der Waals surface area contributed by atoms with Crippen LogP contribution in [0.4, 0.5) is 5.82 Å². The number of aromatic nitrogens is 4. The van der Waals surface area contributed by atoms with Gasteiger partial charge in [-0.1, -0.05) is 39.0 Å². The first-order valence-corrected chi connectivity index (χ1v) is 10.0. The Morgan fingerprint density at radius 1 is 1.29 bits per heavy atom. The fraction of sp³-hybridized carbons (Fsp3) is 0.684. The minimum Gasteiger partial charge on any atom is -0.463 e. The number of carbonyl (C=O) groups excluding carboxylic acids is 1. The van der Waals surface area contributed by atoms with Gasteiger partial charge in [0.05, 0.1) is 12.4 Å². The molecule has 2 aromatic rings. The Kier molecular flexibility index (Phi) is 7.16. The number of carbonyl (C=O) groups is 1. The van der Waals surface area contributed by atoms with Crippen LogP contribution in [-0.2, 0) is 14.3 Å². The zero-order valence-electron chi connectivity index (χ0n) is 16.3. The molecule has 3 rings (SSSR count). The van der Waals surface area contributed by atoms with Crippen molar-refractivity contribution in [2.45, 2.75) is 76.7 Å². The molecule has 1 saturated heterocycles. The van der Waals surface area contributed by atoms with Crippen LogP contribution in [0.1, 0.15) is 64.5 Å². The molecule has 1 aliphatic rings. The maximum Gasteiger partial charge on any atom is 0.305 e. The maximum atomic E-state index is 11.9. The molecule has 0 radical (unpaired) electrons. The summed E-state index contributed by atoms with van der Waals surface area (Å²) in [5.74, 6) is 0.0470. The number of hydrogen-bond donors (Lipinski definition) is 2. The number of aliphatic hydroxyl groups excluding tert-OH is 1. The van der Waals surface area contributed by atoms with E-state index >= 15 is 0 Å². The van der Waals surface area contributed by atoms with Crippen LogP contribution < -0.4 is 5.73 Å². The van der Waals surface area contributed by atoms with Crippen molar-refractivity contribution in [2.75, 3.05) is 12.3 Å². The average Bonchev–Trinajstić information content (AvgIpc) is 3.27. The summed E-state index contributed by atoms with van der Waals surface area (Å²) in [6.45, 7) is 2.22. The smallest absolute Gasteiger partial charge is 0.305 e.